The van der Waals surface area contributed by atoms with Crippen LogP contribution >= 0.6 is 11.3 Å². The van der Waals surface area contributed by atoms with Gasteiger partial charge in [0.15, 0.2) is 0 Å². The van der Waals surface area contributed by atoms with Crippen LogP contribution in [0.3, 0.4) is 0 Å². The van der Waals surface area contributed by atoms with Gasteiger partial charge in [0.05, 0.1) is 30.0 Å². The summed E-state index contributed by atoms with van der Waals surface area (Å²) in [6.45, 7) is 0. The van der Waals surface area contributed by atoms with Gasteiger partial charge in [0.1, 0.15) is 5.82 Å². The first-order chi connectivity index (χ1) is 12.0. The molecule has 0 aliphatic rings. The van der Waals surface area contributed by atoms with E-state index in [-0.39, 0.29) is 12.5 Å². The number of rotatable bonds is 6. The molecule has 0 bridgehead atoms. The number of thiophene rings is 1. The third-order valence-electron chi connectivity index (χ3n) is 3.34. The molecule has 1 heterocycles. The maximum absolute atomic E-state index is 13.4. The first kappa shape index (κ1) is 20.3. The van der Waals surface area contributed by atoms with E-state index in [9.17, 15) is 30.8 Å². The number of ether oxygens (including phenoxy) is 1. The number of esters is 1. The number of methoxy groups -OCH3 is 1. The molecule has 1 aromatic carbocycles. The molecule has 1 aromatic heterocycles. The van der Waals surface area contributed by atoms with Crippen molar-refractivity contribution in [2.45, 2.75) is 23.5 Å². The second-order valence-corrected chi connectivity index (χ2v) is 7.80. The Morgan fingerprint density at radius 2 is 2.00 bits per heavy atom. The van der Waals surface area contributed by atoms with E-state index in [0.29, 0.717) is 10.9 Å². The maximum Gasteiger partial charge on any atom is 0.419 e. The highest BCUT2D eigenvalue weighted by Crippen LogP contribution is 2.33. The second kappa shape index (κ2) is 7.72. The van der Waals surface area contributed by atoms with Crippen molar-refractivity contribution < 1.29 is 35.5 Å². The molecule has 0 amide bonds. The van der Waals surface area contributed by atoms with E-state index in [0.717, 1.165) is 24.5 Å². The summed E-state index contributed by atoms with van der Waals surface area (Å²) in [6, 6.07) is 3.51. The Bertz CT molecular complexity index is 880. The van der Waals surface area contributed by atoms with Gasteiger partial charge in [-0.05, 0) is 29.6 Å². The van der Waals surface area contributed by atoms with Crippen molar-refractivity contribution in [3.8, 4) is 0 Å². The molecule has 5 nitrogen and oxygen atoms in total. The Morgan fingerprint density at radius 3 is 2.54 bits per heavy atom. The fraction of sp³-hybridized carbons (Fsp3) is 0.267. The van der Waals surface area contributed by atoms with Crippen molar-refractivity contribution in [1.29, 1.82) is 0 Å². The maximum atomic E-state index is 13.4. The molecule has 142 valence electrons. The number of hydrogen-bond donors (Lipinski definition) is 1. The topological polar surface area (TPSA) is 72.5 Å². The minimum Gasteiger partial charge on any atom is -0.469 e. The number of carbonyl (C=O) groups is 1. The number of nitrogens with one attached hydrogen (secondary N) is 1. The first-order valence-corrected chi connectivity index (χ1v) is 9.40. The minimum absolute atomic E-state index is 0.210. The van der Waals surface area contributed by atoms with Crippen molar-refractivity contribution >= 4 is 27.3 Å². The lowest BCUT2D eigenvalue weighted by Gasteiger charge is -2.17. The molecule has 1 atom stereocenters. The third kappa shape index (κ3) is 4.80. The van der Waals surface area contributed by atoms with E-state index in [1.165, 1.54) is 0 Å². The van der Waals surface area contributed by atoms with E-state index in [1.54, 1.807) is 17.5 Å². The van der Waals surface area contributed by atoms with Crippen molar-refractivity contribution in [3.63, 3.8) is 0 Å². The van der Waals surface area contributed by atoms with E-state index in [4.69, 9.17) is 0 Å². The summed E-state index contributed by atoms with van der Waals surface area (Å²) >= 11 is 1.15. The number of hydrogen-bond acceptors (Lipinski definition) is 5. The Labute approximate surface area is 150 Å². The van der Waals surface area contributed by atoms with Gasteiger partial charge in [-0.3, -0.25) is 4.79 Å². The molecule has 0 saturated carbocycles. The third-order valence-corrected chi connectivity index (χ3v) is 5.79. The Morgan fingerprint density at radius 1 is 1.31 bits per heavy atom. The Balaban J connectivity index is 2.38. The molecule has 0 fully saturated rings. The SMILES string of the molecule is COC(=O)CC(NS(=O)(=O)c1ccc(F)c(C(F)(F)F)c1)c1cccs1. The molecule has 2 aromatic rings. The van der Waals surface area contributed by atoms with Crippen LogP contribution in [0.4, 0.5) is 17.6 Å². The molecule has 0 aliphatic heterocycles. The van der Waals surface area contributed by atoms with Crippen molar-refractivity contribution in [2.24, 2.45) is 0 Å². The average molecular weight is 411 g/mol. The van der Waals surface area contributed by atoms with Crippen molar-refractivity contribution in [3.05, 3.63) is 52.0 Å². The molecule has 1 unspecified atom stereocenters. The summed E-state index contributed by atoms with van der Waals surface area (Å²) in [5, 5.41) is 1.65. The van der Waals surface area contributed by atoms with Gasteiger partial charge in [0, 0.05) is 4.88 Å². The van der Waals surface area contributed by atoms with E-state index in [2.05, 4.69) is 9.46 Å². The van der Waals surface area contributed by atoms with Gasteiger partial charge in [-0.15, -0.1) is 11.3 Å². The van der Waals surface area contributed by atoms with Gasteiger partial charge >= 0.3 is 12.1 Å². The number of carbonyl (C=O) groups excluding carboxylic acids is 1. The standard InChI is InChI=1S/C15H13F4NO4S2/c1-24-14(21)8-12(13-3-2-6-25-13)20-26(22,23)9-4-5-11(16)10(7-9)15(17,18)19/h2-7,12,20H,8H2,1H3. The molecule has 0 spiro atoms. The monoisotopic (exact) mass is 411 g/mol. The van der Waals surface area contributed by atoms with E-state index in [1.807, 2.05) is 0 Å². The van der Waals surface area contributed by atoms with Gasteiger partial charge in [0.25, 0.3) is 0 Å². The Kier molecular flexibility index (Phi) is 6.04. The van der Waals surface area contributed by atoms with E-state index < -0.39 is 44.5 Å². The van der Waals surface area contributed by atoms with Gasteiger partial charge in [-0.25, -0.2) is 17.5 Å². The van der Waals surface area contributed by atoms with Crippen LogP contribution in [0.15, 0.2) is 40.6 Å². The molecular formula is C15H13F4NO4S2. The smallest absolute Gasteiger partial charge is 0.419 e. The molecule has 0 radical (unpaired) electrons. The number of alkyl halides is 3. The summed E-state index contributed by atoms with van der Waals surface area (Å²) in [6.07, 6.45) is -5.40. The van der Waals surface area contributed by atoms with Gasteiger partial charge in [-0.1, -0.05) is 6.07 Å². The first-order valence-electron chi connectivity index (χ1n) is 7.04. The lowest BCUT2D eigenvalue weighted by molar-refractivity contribution is -0.141. The second-order valence-electron chi connectivity index (χ2n) is 5.11. The summed E-state index contributed by atoms with van der Waals surface area (Å²) in [4.78, 5) is 11.2. The highest BCUT2D eigenvalue weighted by atomic mass is 32.2. The van der Waals surface area contributed by atoms with Crippen molar-refractivity contribution in [1.82, 2.24) is 4.72 Å². The summed E-state index contributed by atoms with van der Waals surface area (Å²) in [5.41, 5.74) is -1.69. The fourth-order valence-corrected chi connectivity index (χ4v) is 4.18. The number of benzene rings is 1. The molecule has 11 heteroatoms. The van der Waals surface area contributed by atoms with Crippen LogP contribution < -0.4 is 4.72 Å². The van der Waals surface area contributed by atoms with Crippen LogP contribution in [0, 0.1) is 5.82 Å². The predicted molar refractivity (Wildman–Crippen MR) is 85.4 cm³/mol. The highest BCUT2D eigenvalue weighted by molar-refractivity contribution is 7.89. The summed E-state index contributed by atoms with van der Waals surface area (Å²) < 4.78 is 83.4. The van der Waals surface area contributed by atoms with Gasteiger partial charge in [0.2, 0.25) is 10.0 Å². The normalized spacial score (nSPS) is 13.4. The summed E-state index contributed by atoms with van der Waals surface area (Å²) in [5.74, 6) is -2.29. The molecule has 1 N–H and O–H groups in total. The molecule has 0 saturated heterocycles. The van der Waals surface area contributed by atoms with Gasteiger partial charge < -0.3 is 4.74 Å². The Hall–Kier alpha value is -1.98. The van der Waals surface area contributed by atoms with Crippen LogP contribution in [-0.4, -0.2) is 21.5 Å². The van der Waals surface area contributed by atoms with Crippen LogP contribution in [0.5, 0.6) is 0 Å². The van der Waals surface area contributed by atoms with Crippen LogP contribution in [-0.2, 0) is 25.7 Å². The molecule has 2 rings (SSSR count). The number of sulfonamides is 1. The minimum atomic E-state index is -5.05. The average Bonchev–Trinajstić information content (AvgIpc) is 3.07. The zero-order valence-corrected chi connectivity index (χ0v) is 14.8. The number of halogens is 4. The van der Waals surface area contributed by atoms with Crippen LogP contribution in [0.2, 0.25) is 0 Å². The largest absolute Gasteiger partial charge is 0.469 e. The van der Waals surface area contributed by atoms with Crippen LogP contribution in [0.1, 0.15) is 22.9 Å². The fourth-order valence-electron chi connectivity index (χ4n) is 2.08. The summed E-state index contributed by atoms with van der Waals surface area (Å²) in [7, 11) is -3.33. The van der Waals surface area contributed by atoms with Crippen molar-refractivity contribution in [2.75, 3.05) is 7.11 Å². The lowest BCUT2D eigenvalue weighted by atomic mass is 10.2. The van der Waals surface area contributed by atoms with Crippen LogP contribution in [0.25, 0.3) is 0 Å². The zero-order valence-electron chi connectivity index (χ0n) is 13.2. The zero-order chi connectivity index (χ0) is 19.5. The molecule has 26 heavy (non-hydrogen) atoms. The molecular weight excluding hydrogens is 398 g/mol. The quantitative estimate of drug-likeness (QED) is 0.584. The van der Waals surface area contributed by atoms with E-state index >= 15 is 0 Å². The highest BCUT2D eigenvalue weighted by Gasteiger charge is 2.36. The lowest BCUT2D eigenvalue weighted by Crippen LogP contribution is -2.30. The molecule has 0 aliphatic carbocycles. The predicted octanol–water partition coefficient (Wildman–Crippen LogP) is 3.49. The van der Waals surface area contributed by atoms with Gasteiger partial charge in [-0.2, -0.15) is 13.2 Å².